The van der Waals surface area contributed by atoms with Crippen molar-refractivity contribution < 1.29 is 9.53 Å². The number of likely N-dealkylation sites (tertiary alicyclic amines) is 1. The topological polar surface area (TPSA) is 71.8 Å². The molecule has 5 rings (SSSR count). The molecule has 3 aromatic heterocycles. The molecule has 1 amide bonds. The van der Waals surface area contributed by atoms with Crippen molar-refractivity contribution in [2.75, 3.05) is 33.3 Å². The van der Waals surface area contributed by atoms with Gasteiger partial charge in [-0.05, 0) is 74.5 Å². The van der Waals surface area contributed by atoms with Gasteiger partial charge in [-0.25, -0.2) is 9.50 Å². The highest BCUT2D eigenvalue weighted by atomic mass is 32.1. The molecular formula is C25H27N5O2S. The molecule has 33 heavy (non-hydrogen) atoms. The summed E-state index contributed by atoms with van der Waals surface area (Å²) in [5.74, 6) is 1.55. The lowest BCUT2D eigenvalue weighted by Gasteiger charge is -2.14. The summed E-state index contributed by atoms with van der Waals surface area (Å²) < 4.78 is 7.13. The van der Waals surface area contributed by atoms with Gasteiger partial charge in [0.25, 0.3) is 5.91 Å². The number of pyridine rings is 1. The summed E-state index contributed by atoms with van der Waals surface area (Å²) in [6.07, 6.45) is 3.12. The van der Waals surface area contributed by atoms with Crippen molar-refractivity contribution in [3.8, 4) is 17.0 Å². The molecule has 4 aromatic rings. The van der Waals surface area contributed by atoms with E-state index in [4.69, 9.17) is 14.8 Å². The van der Waals surface area contributed by atoms with Crippen LogP contribution in [0.3, 0.4) is 0 Å². The summed E-state index contributed by atoms with van der Waals surface area (Å²) in [5, 5.41) is 7.79. The van der Waals surface area contributed by atoms with Crippen LogP contribution >= 0.6 is 11.3 Å². The van der Waals surface area contributed by atoms with Gasteiger partial charge >= 0.3 is 0 Å². The second kappa shape index (κ2) is 9.72. The van der Waals surface area contributed by atoms with Gasteiger partial charge in [-0.1, -0.05) is 6.07 Å². The van der Waals surface area contributed by atoms with Crippen LogP contribution in [-0.4, -0.2) is 58.7 Å². The number of carbonyl (C=O) groups excluding carboxylic acids is 1. The van der Waals surface area contributed by atoms with Crippen molar-refractivity contribution in [3.05, 3.63) is 70.2 Å². The first-order valence-corrected chi connectivity index (χ1v) is 12.1. The quantitative estimate of drug-likeness (QED) is 0.431. The van der Waals surface area contributed by atoms with Crippen LogP contribution in [0.5, 0.6) is 5.75 Å². The number of hydrogen-bond acceptors (Lipinski definition) is 6. The summed E-state index contributed by atoms with van der Waals surface area (Å²) in [6.45, 7) is 3.90. The number of methoxy groups -OCH3 is 1. The van der Waals surface area contributed by atoms with E-state index in [1.54, 1.807) is 7.11 Å². The maximum Gasteiger partial charge on any atom is 0.261 e. The molecule has 0 spiro atoms. The smallest absolute Gasteiger partial charge is 0.261 e. The highest BCUT2D eigenvalue weighted by Crippen LogP contribution is 2.24. The molecule has 1 aliphatic rings. The van der Waals surface area contributed by atoms with Crippen LogP contribution in [0.4, 0.5) is 0 Å². The van der Waals surface area contributed by atoms with Gasteiger partial charge in [-0.3, -0.25) is 4.79 Å². The Labute approximate surface area is 197 Å². The number of rotatable bonds is 8. The predicted molar refractivity (Wildman–Crippen MR) is 130 cm³/mol. The molecule has 1 aromatic carbocycles. The molecule has 1 aliphatic heterocycles. The Bertz CT molecular complexity index is 1240. The van der Waals surface area contributed by atoms with Gasteiger partial charge in [-0.2, -0.15) is 5.10 Å². The summed E-state index contributed by atoms with van der Waals surface area (Å²) >= 11 is 1.50. The molecule has 0 aliphatic carbocycles. The Morgan fingerprint density at radius 1 is 1.09 bits per heavy atom. The largest absolute Gasteiger partial charge is 0.497 e. The Morgan fingerprint density at radius 3 is 2.70 bits per heavy atom. The van der Waals surface area contributed by atoms with Crippen LogP contribution in [0.2, 0.25) is 0 Å². The van der Waals surface area contributed by atoms with Crippen molar-refractivity contribution in [1.82, 2.24) is 24.8 Å². The van der Waals surface area contributed by atoms with E-state index in [0.29, 0.717) is 13.0 Å². The molecular weight excluding hydrogens is 434 g/mol. The van der Waals surface area contributed by atoms with Crippen molar-refractivity contribution in [1.29, 1.82) is 0 Å². The Balaban J connectivity index is 1.26. The fourth-order valence-corrected chi connectivity index (χ4v) is 5.10. The average molecular weight is 462 g/mol. The lowest BCUT2D eigenvalue weighted by atomic mass is 10.1. The first kappa shape index (κ1) is 21.6. The van der Waals surface area contributed by atoms with Gasteiger partial charge in [0.1, 0.15) is 5.75 Å². The van der Waals surface area contributed by atoms with E-state index in [-0.39, 0.29) is 5.91 Å². The number of nitrogens with one attached hydrogen (secondary N) is 1. The Hall–Kier alpha value is -3.23. The zero-order valence-electron chi connectivity index (χ0n) is 18.7. The van der Waals surface area contributed by atoms with Gasteiger partial charge in [0.05, 0.1) is 17.7 Å². The number of fused-ring (bicyclic) bond motifs is 1. The maximum atomic E-state index is 12.5. The summed E-state index contributed by atoms with van der Waals surface area (Å²) in [6, 6.07) is 17.8. The number of ether oxygens (including phenoxy) is 1. The van der Waals surface area contributed by atoms with Crippen molar-refractivity contribution >= 4 is 22.9 Å². The monoisotopic (exact) mass is 461 g/mol. The minimum atomic E-state index is -0.00444. The Kier molecular flexibility index (Phi) is 6.37. The van der Waals surface area contributed by atoms with E-state index >= 15 is 0 Å². The molecule has 0 unspecified atom stereocenters. The number of benzene rings is 1. The SMILES string of the molecule is COc1ccc(-c2cccc3nc(Cc4ccc(C(=O)NCCN5CCCC5)s4)nn23)cc1. The lowest BCUT2D eigenvalue weighted by molar-refractivity contribution is 0.0954. The standard InChI is InChI=1S/C25H27N5O2S/c1-32-19-9-7-18(8-10-19)21-5-4-6-24-27-23(28-30(21)24)17-20-11-12-22(33-20)25(31)26-13-16-29-14-2-3-15-29/h4-12H,2-3,13-17H2,1H3,(H,26,31). The number of carbonyl (C=O) groups is 1. The lowest BCUT2D eigenvalue weighted by Crippen LogP contribution is -2.33. The predicted octanol–water partition coefficient (Wildman–Crippen LogP) is 3.88. The summed E-state index contributed by atoms with van der Waals surface area (Å²) in [7, 11) is 1.66. The fourth-order valence-electron chi connectivity index (χ4n) is 4.18. The molecule has 4 heterocycles. The van der Waals surface area contributed by atoms with Gasteiger partial charge in [0.2, 0.25) is 0 Å². The van der Waals surface area contributed by atoms with E-state index in [2.05, 4.69) is 10.2 Å². The Morgan fingerprint density at radius 2 is 1.91 bits per heavy atom. The molecule has 0 bridgehead atoms. The third-order valence-electron chi connectivity index (χ3n) is 5.92. The van der Waals surface area contributed by atoms with Crippen molar-refractivity contribution in [3.63, 3.8) is 0 Å². The molecule has 8 heteroatoms. The molecule has 0 atom stereocenters. The number of nitrogens with zero attached hydrogens (tertiary/aromatic N) is 4. The normalized spacial score (nSPS) is 14.1. The van der Waals surface area contributed by atoms with E-state index in [9.17, 15) is 4.79 Å². The van der Waals surface area contributed by atoms with E-state index in [1.165, 1.54) is 24.2 Å². The molecule has 1 N–H and O–H groups in total. The number of thiophene rings is 1. The molecule has 7 nitrogen and oxygen atoms in total. The van der Waals surface area contributed by atoms with E-state index < -0.39 is 0 Å². The minimum Gasteiger partial charge on any atom is -0.497 e. The van der Waals surface area contributed by atoms with Gasteiger partial charge < -0.3 is 15.0 Å². The van der Waals surface area contributed by atoms with Crippen LogP contribution in [0.1, 0.15) is 33.2 Å². The fraction of sp³-hybridized carbons (Fsp3) is 0.320. The van der Waals surface area contributed by atoms with Gasteiger partial charge in [0.15, 0.2) is 11.5 Å². The van der Waals surface area contributed by atoms with Crippen LogP contribution in [-0.2, 0) is 6.42 Å². The third-order valence-corrected chi connectivity index (χ3v) is 7.00. The molecule has 170 valence electrons. The minimum absolute atomic E-state index is 0.00444. The van der Waals surface area contributed by atoms with Gasteiger partial charge in [0, 0.05) is 30.0 Å². The van der Waals surface area contributed by atoms with Crippen molar-refractivity contribution in [2.24, 2.45) is 0 Å². The molecule has 0 saturated carbocycles. The number of hydrogen-bond donors (Lipinski definition) is 1. The second-order valence-corrected chi connectivity index (χ2v) is 9.35. The first-order chi connectivity index (χ1) is 16.2. The van der Waals surface area contributed by atoms with Gasteiger partial charge in [-0.15, -0.1) is 11.3 Å². The van der Waals surface area contributed by atoms with Crippen LogP contribution < -0.4 is 10.1 Å². The van der Waals surface area contributed by atoms with Crippen LogP contribution in [0, 0.1) is 0 Å². The maximum absolute atomic E-state index is 12.5. The molecule has 1 fully saturated rings. The van der Waals surface area contributed by atoms with E-state index in [0.717, 1.165) is 57.9 Å². The second-order valence-electron chi connectivity index (χ2n) is 8.18. The zero-order chi connectivity index (χ0) is 22.6. The van der Waals surface area contributed by atoms with Crippen molar-refractivity contribution in [2.45, 2.75) is 19.3 Å². The third kappa shape index (κ3) is 4.91. The number of aromatic nitrogens is 3. The zero-order valence-corrected chi connectivity index (χ0v) is 19.5. The summed E-state index contributed by atoms with van der Waals surface area (Å²) in [4.78, 5) is 21.4. The van der Waals surface area contributed by atoms with Crippen LogP contribution in [0.15, 0.2) is 54.6 Å². The molecule has 0 radical (unpaired) electrons. The number of amides is 1. The van der Waals surface area contributed by atoms with E-state index in [1.807, 2.05) is 59.1 Å². The molecule has 1 saturated heterocycles. The van der Waals surface area contributed by atoms with Crippen LogP contribution in [0.25, 0.3) is 16.9 Å². The highest BCUT2D eigenvalue weighted by Gasteiger charge is 2.15. The first-order valence-electron chi connectivity index (χ1n) is 11.3. The average Bonchev–Trinajstić information content (AvgIpc) is 3.60. The highest BCUT2D eigenvalue weighted by molar-refractivity contribution is 7.14. The summed E-state index contributed by atoms with van der Waals surface area (Å²) in [5.41, 5.74) is 2.81.